The summed E-state index contributed by atoms with van der Waals surface area (Å²) in [5.41, 5.74) is 4.63. The van der Waals surface area contributed by atoms with Crippen LogP contribution in [-0.4, -0.2) is 34.6 Å². The lowest BCUT2D eigenvalue weighted by atomic mass is 10.1. The molecule has 0 fully saturated rings. The number of benzene rings is 1. The average molecular weight is 541 g/mol. The van der Waals surface area contributed by atoms with E-state index in [4.69, 9.17) is 16.6 Å². The minimum absolute atomic E-state index is 0.525. The van der Waals surface area contributed by atoms with Crippen LogP contribution in [0.1, 0.15) is 63.7 Å². The van der Waals surface area contributed by atoms with Gasteiger partial charge in [-0.25, -0.2) is 9.97 Å². The van der Waals surface area contributed by atoms with Crippen molar-refractivity contribution in [3.63, 3.8) is 0 Å². The minimum atomic E-state index is -2.04. The predicted molar refractivity (Wildman–Crippen MR) is 156 cm³/mol. The summed E-state index contributed by atoms with van der Waals surface area (Å²) in [6, 6.07) is 11.9. The molecule has 0 aliphatic heterocycles. The van der Waals surface area contributed by atoms with Crippen molar-refractivity contribution < 1.29 is 5.11 Å². The highest BCUT2D eigenvalue weighted by Crippen LogP contribution is 2.45. The third-order valence-corrected chi connectivity index (χ3v) is 15.7. The van der Waals surface area contributed by atoms with Crippen LogP contribution >= 0.6 is 22.9 Å². The molecule has 192 valence electrons. The van der Waals surface area contributed by atoms with E-state index < -0.39 is 14.3 Å². The molecule has 0 saturated carbocycles. The van der Waals surface area contributed by atoms with Crippen LogP contribution in [0.2, 0.25) is 21.6 Å². The van der Waals surface area contributed by atoms with Gasteiger partial charge >= 0.3 is 0 Å². The van der Waals surface area contributed by atoms with Gasteiger partial charge in [-0.15, -0.1) is 0 Å². The van der Waals surface area contributed by atoms with Gasteiger partial charge < -0.3 is 14.2 Å². The number of pyridine rings is 1. The Morgan fingerprint density at radius 3 is 2.25 bits per heavy atom. The summed E-state index contributed by atoms with van der Waals surface area (Å²) >= 11 is 7.56. The first-order valence-corrected chi connectivity index (χ1v) is 16.0. The van der Waals surface area contributed by atoms with Gasteiger partial charge in [0.1, 0.15) is 11.8 Å². The van der Waals surface area contributed by atoms with Crippen LogP contribution in [0, 0.1) is 0 Å². The highest BCUT2D eigenvalue weighted by atomic mass is 35.5. The lowest BCUT2D eigenvalue weighted by Gasteiger charge is -2.44. The number of rotatable bonds is 9. The Morgan fingerprint density at radius 1 is 1.00 bits per heavy atom. The van der Waals surface area contributed by atoms with Gasteiger partial charge in [-0.2, -0.15) is 0 Å². The molecule has 36 heavy (non-hydrogen) atoms. The van der Waals surface area contributed by atoms with Crippen LogP contribution in [0.25, 0.3) is 11.0 Å². The van der Waals surface area contributed by atoms with Crippen LogP contribution in [-0.2, 0) is 6.54 Å². The van der Waals surface area contributed by atoms with E-state index in [-0.39, 0.29) is 0 Å². The first-order valence-electron chi connectivity index (χ1n) is 12.6. The standard InChI is InChI=1S/C28H37ClN4OSSi/c1-18(2)36(19(3)4,20(5)6)33-17-24(23-9-8-14-30-27(23)33)26(34)25-15-31-28(35-25)32(7)16-21-10-12-22(29)13-11-21/h8-15,17-20,26,34H,16H2,1-7H3. The summed E-state index contributed by atoms with van der Waals surface area (Å²) in [7, 11) is -0.0198. The third kappa shape index (κ3) is 4.74. The fraction of sp³-hybridized carbons (Fsp3) is 0.429. The number of aliphatic hydroxyl groups is 1. The van der Waals surface area contributed by atoms with E-state index in [1.807, 2.05) is 43.6 Å². The lowest BCUT2D eigenvalue weighted by molar-refractivity contribution is 0.225. The highest BCUT2D eigenvalue weighted by Gasteiger charge is 2.46. The number of aromatic nitrogens is 3. The summed E-state index contributed by atoms with van der Waals surface area (Å²) in [5, 5.41) is 14.2. The molecule has 0 aliphatic rings. The zero-order chi connectivity index (χ0) is 26.2. The molecule has 1 N–H and O–H groups in total. The molecule has 4 rings (SSSR count). The minimum Gasteiger partial charge on any atom is -0.383 e. The van der Waals surface area contributed by atoms with Crippen molar-refractivity contribution in [1.82, 2.24) is 14.2 Å². The number of nitrogens with zero attached hydrogens (tertiary/aromatic N) is 4. The molecule has 3 heterocycles. The lowest BCUT2D eigenvalue weighted by Crippen LogP contribution is -2.51. The van der Waals surface area contributed by atoms with Gasteiger partial charge in [0.2, 0.25) is 0 Å². The molecular formula is C28H37ClN4OSSi. The first-order chi connectivity index (χ1) is 17.1. The van der Waals surface area contributed by atoms with Crippen LogP contribution in [0.4, 0.5) is 5.13 Å². The summed E-state index contributed by atoms with van der Waals surface area (Å²) in [4.78, 5) is 12.4. The van der Waals surface area contributed by atoms with Gasteiger partial charge in [-0.1, -0.05) is 76.6 Å². The van der Waals surface area contributed by atoms with Crippen LogP contribution in [0.3, 0.4) is 0 Å². The Bertz CT molecular complexity index is 1290. The van der Waals surface area contributed by atoms with Crippen molar-refractivity contribution in [3.05, 3.63) is 76.0 Å². The molecule has 8 heteroatoms. The van der Waals surface area contributed by atoms with Gasteiger partial charge in [-0.3, -0.25) is 0 Å². The predicted octanol–water partition coefficient (Wildman–Crippen LogP) is 7.89. The van der Waals surface area contributed by atoms with E-state index in [0.717, 1.165) is 37.2 Å². The Morgan fingerprint density at radius 2 is 1.64 bits per heavy atom. The van der Waals surface area contributed by atoms with E-state index in [2.05, 4.69) is 67.9 Å². The molecule has 0 saturated heterocycles. The number of hydrogen-bond donors (Lipinski definition) is 1. The molecule has 0 bridgehead atoms. The topological polar surface area (TPSA) is 54.2 Å². The molecule has 0 radical (unpaired) electrons. The zero-order valence-electron chi connectivity index (χ0n) is 22.2. The maximum atomic E-state index is 11.6. The Balaban J connectivity index is 1.72. The van der Waals surface area contributed by atoms with Crippen molar-refractivity contribution in [3.8, 4) is 0 Å². The normalized spacial score (nSPS) is 13.3. The van der Waals surface area contributed by atoms with E-state index >= 15 is 0 Å². The van der Waals surface area contributed by atoms with Gasteiger partial charge in [0.05, 0.1) is 4.88 Å². The largest absolute Gasteiger partial charge is 0.383 e. The second-order valence-corrected chi connectivity index (χ2v) is 17.8. The highest BCUT2D eigenvalue weighted by molar-refractivity contribution is 7.15. The van der Waals surface area contributed by atoms with E-state index in [0.29, 0.717) is 23.2 Å². The van der Waals surface area contributed by atoms with E-state index in [1.165, 1.54) is 11.3 Å². The number of thiazole rings is 1. The summed E-state index contributed by atoms with van der Waals surface area (Å²) in [5.74, 6) is 0. The molecule has 4 aromatic rings. The maximum Gasteiger partial charge on any atom is 0.185 e. The number of halogens is 1. The number of hydrogen-bond acceptors (Lipinski definition) is 5. The average Bonchev–Trinajstić information content (AvgIpc) is 3.46. The monoisotopic (exact) mass is 540 g/mol. The Labute approximate surface area is 224 Å². The van der Waals surface area contributed by atoms with Crippen molar-refractivity contribution in [2.45, 2.75) is 70.8 Å². The molecule has 1 atom stereocenters. The number of anilines is 1. The second-order valence-electron chi connectivity index (χ2n) is 10.6. The van der Waals surface area contributed by atoms with E-state index in [1.54, 1.807) is 6.20 Å². The van der Waals surface area contributed by atoms with Crippen molar-refractivity contribution in [2.75, 3.05) is 11.9 Å². The van der Waals surface area contributed by atoms with Crippen LogP contribution in [0.5, 0.6) is 0 Å². The SMILES string of the molecule is CC(C)[Si](C(C)C)(C(C)C)n1cc(C(O)c2cnc(N(C)Cc3ccc(Cl)cc3)s2)c2cccnc21. The van der Waals surface area contributed by atoms with Crippen molar-refractivity contribution in [1.29, 1.82) is 0 Å². The Kier molecular flexibility index (Phi) is 7.95. The molecular weight excluding hydrogens is 504 g/mol. The van der Waals surface area contributed by atoms with Crippen LogP contribution < -0.4 is 4.90 Å². The Hall–Kier alpha value is -2.19. The van der Waals surface area contributed by atoms with Crippen LogP contribution in [0.15, 0.2) is 55.0 Å². The van der Waals surface area contributed by atoms with Gasteiger partial charge in [0.15, 0.2) is 13.4 Å². The molecule has 1 unspecified atom stereocenters. The first kappa shape index (κ1) is 26.9. The van der Waals surface area contributed by atoms with Gasteiger partial charge in [-0.05, 0) is 46.5 Å². The second kappa shape index (κ2) is 10.7. The molecule has 5 nitrogen and oxygen atoms in total. The molecule has 0 amide bonds. The third-order valence-electron chi connectivity index (χ3n) is 7.52. The summed E-state index contributed by atoms with van der Waals surface area (Å²) in [6.07, 6.45) is 5.11. The number of fused-ring (bicyclic) bond motifs is 1. The number of aliphatic hydroxyl groups excluding tert-OH is 1. The zero-order valence-corrected chi connectivity index (χ0v) is 24.8. The molecule has 3 aromatic heterocycles. The quantitative estimate of drug-likeness (QED) is 0.219. The molecule has 0 aliphatic carbocycles. The van der Waals surface area contributed by atoms with E-state index in [9.17, 15) is 5.11 Å². The molecule has 0 spiro atoms. The van der Waals surface area contributed by atoms with Crippen molar-refractivity contribution in [2.24, 2.45) is 0 Å². The fourth-order valence-corrected chi connectivity index (χ4v) is 13.7. The summed E-state index contributed by atoms with van der Waals surface area (Å²) in [6.45, 7) is 14.8. The van der Waals surface area contributed by atoms with Crippen molar-refractivity contribution >= 4 is 47.3 Å². The summed E-state index contributed by atoms with van der Waals surface area (Å²) < 4.78 is 2.48. The fourth-order valence-electron chi connectivity index (χ4n) is 6.10. The maximum absolute atomic E-state index is 11.6. The van der Waals surface area contributed by atoms with Gasteiger partial charge in [0, 0.05) is 48.2 Å². The smallest absolute Gasteiger partial charge is 0.185 e. The molecule has 1 aromatic carbocycles. The van der Waals surface area contributed by atoms with Gasteiger partial charge in [0.25, 0.3) is 0 Å².